The molecule has 0 bridgehead atoms. The molecule has 2 aliphatic rings. The van der Waals surface area contributed by atoms with Crippen molar-refractivity contribution in [2.75, 3.05) is 0 Å². The fourth-order valence-electron chi connectivity index (χ4n) is 1.97. The molecule has 0 N–H and O–H groups in total. The van der Waals surface area contributed by atoms with Crippen molar-refractivity contribution in [1.29, 1.82) is 0 Å². The largest absolute Gasteiger partial charge is 0.298 e. The summed E-state index contributed by atoms with van der Waals surface area (Å²) in [7, 11) is 0. The number of carbonyl (C=O) groups is 1. The minimum atomic E-state index is -0.642. The lowest BCUT2D eigenvalue weighted by molar-refractivity contribution is -0.122. The van der Waals surface area contributed by atoms with E-state index in [1.165, 1.54) is 0 Å². The molecule has 18 heavy (non-hydrogen) atoms. The van der Waals surface area contributed by atoms with Gasteiger partial charge in [-0.05, 0) is 12.2 Å². The molecule has 0 radical (unpaired) electrons. The lowest BCUT2D eigenvalue weighted by Crippen LogP contribution is -2.25. The van der Waals surface area contributed by atoms with Gasteiger partial charge < -0.3 is 0 Å². The molecule has 0 fully saturated rings. The van der Waals surface area contributed by atoms with Gasteiger partial charge >= 0.3 is 0 Å². The highest BCUT2D eigenvalue weighted by atomic mass is 16.1. The van der Waals surface area contributed by atoms with E-state index in [4.69, 9.17) is 0 Å². The number of rotatable bonds is 2. The van der Waals surface area contributed by atoms with Crippen LogP contribution in [0.2, 0.25) is 0 Å². The van der Waals surface area contributed by atoms with Gasteiger partial charge in [-0.25, -0.2) is 9.59 Å². The van der Waals surface area contributed by atoms with Gasteiger partial charge in [-0.1, -0.05) is 36.5 Å². The molecule has 0 aromatic rings. The molecule has 2 rings (SSSR count). The van der Waals surface area contributed by atoms with Crippen molar-refractivity contribution in [2.24, 2.45) is 11.8 Å². The van der Waals surface area contributed by atoms with Crippen molar-refractivity contribution in [3.63, 3.8) is 0 Å². The normalized spacial score (nSPS) is 24.9. The van der Waals surface area contributed by atoms with Crippen molar-refractivity contribution in [3.8, 4) is 0 Å². The molecule has 0 amide bonds. The summed E-state index contributed by atoms with van der Waals surface area (Å²) in [6.45, 7) is 0. The number of ketones is 1. The van der Waals surface area contributed by atoms with Crippen LogP contribution in [0.3, 0.4) is 0 Å². The summed E-state index contributed by atoms with van der Waals surface area (Å²) in [5.41, 5.74) is 0.575. The summed E-state index contributed by atoms with van der Waals surface area (Å²) < 4.78 is 0. The van der Waals surface area contributed by atoms with E-state index in [0.717, 1.165) is 0 Å². The maximum atomic E-state index is 12.3. The molecular formula is C15H10O3. The summed E-state index contributed by atoms with van der Waals surface area (Å²) in [5.74, 6) is 2.03. The highest BCUT2D eigenvalue weighted by Crippen LogP contribution is 2.26. The van der Waals surface area contributed by atoms with E-state index < -0.39 is 11.8 Å². The van der Waals surface area contributed by atoms with Crippen molar-refractivity contribution in [3.05, 3.63) is 59.8 Å². The second-order valence-corrected chi connectivity index (χ2v) is 3.96. The van der Waals surface area contributed by atoms with Gasteiger partial charge in [0, 0.05) is 0 Å². The quantitative estimate of drug-likeness (QED) is 0.686. The first kappa shape index (κ1) is 12.0. The van der Waals surface area contributed by atoms with Gasteiger partial charge in [-0.2, -0.15) is 0 Å². The predicted octanol–water partition coefficient (Wildman–Crippen LogP) is 1.56. The lowest BCUT2D eigenvalue weighted by Gasteiger charge is -2.19. The Bertz CT molecular complexity index is 537. The highest BCUT2D eigenvalue weighted by Gasteiger charge is 2.30. The molecule has 0 aliphatic heterocycles. The summed E-state index contributed by atoms with van der Waals surface area (Å²) in [6, 6.07) is 0. The van der Waals surface area contributed by atoms with Crippen LogP contribution in [0.5, 0.6) is 0 Å². The first-order chi connectivity index (χ1) is 8.77. The third-order valence-corrected chi connectivity index (χ3v) is 2.90. The Morgan fingerprint density at radius 3 is 1.67 bits per heavy atom. The van der Waals surface area contributed by atoms with Crippen molar-refractivity contribution < 1.29 is 14.4 Å². The van der Waals surface area contributed by atoms with E-state index in [1.807, 2.05) is 0 Å². The van der Waals surface area contributed by atoms with E-state index in [-0.39, 0.29) is 16.9 Å². The van der Waals surface area contributed by atoms with Crippen LogP contribution < -0.4 is 0 Å². The summed E-state index contributed by atoms with van der Waals surface area (Å²) >= 11 is 0. The van der Waals surface area contributed by atoms with Crippen LogP contribution >= 0.6 is 0 Å². The molecule has 0 spiro atoms. The van der Waals surface area contributed by atoms with Crippen molar-refractivity contribution >= 4 is 17.7 Å². The van der Waals surface area contributed by atoms with Gasteiger partial charge in [-0.15, -0.1) is 0 Å². The zero-order chi connectivity index (χ0) is 13.0. The third-order valence-electron chi connectivity index (χ3n) is 2.90. The molecular weight excluding hydrogens is 228 g/mol. The molecule has 2 atom stereocenters. The molecule has 0 saturated heterocycles. The van der Waals surface area contributed by atoms with Gasteiger partial charge in [0.05, 0.1) is 23.0 Å². The summed E-state index contributed by atoms with van der Waals surface area (Å²) in [4.78, 5) is 33.9. The Morgan fingerprint density at radius 2 is 1.28 bits per heavy atom. The molecule has 88 valence electrons. The molecule has 2 aliphatic carbocycles. The SMILES string of the molecule is O=C=C1C=CC=CC1C(=O)C1C=CC=CC1=C=O. The highest BCUT2D eigenvalue weighted by molar-refractivity contribution is 5.96. The topological polar surface area (TPSA) is 51.2 Å². The molecule has 3 nitrogen and oxygen atoms in total. The van der Waals surface area contributed by atoms with Gasteiger partial charge in [0.1, 0.15) is 11.9 Å². The number of allylic oxidation sites excluding steroid dienone is 10. The summed E-state index contributed by atoms with van der Waals surface area (Å²) in [6.07, 6.45) is 13.2. The summed E-state index contributed by atoms with van der Waals surface area (Å²) in [5, 5.41) is 0. The second kappa shape index (κ2) is 5.24. The average Bonchev–Trinajstić information content (AvgIpc) is 2.46. The molecule has 2 unspecified atom stereocenters. The predicted molar refractivity (Wildman–Crippen MR) is 67.0 cm³/mol. The smallest absolute Gasteiger partial charge is 0.156 e. The average molecular weight is 238 g/mol. The Kier molecular flexibility index (Phi) is 3.49. The second-order valence-electron chi connectivity index (χ2n) is 3.96. The van der Waals surface area contributed by atoms with Gasteiger partial charge in [-0.3, -0.25) is 4.79 Å². The van der Waals surface area contributed by atoms with E-state index >= 15 is 0 Å². The fraction of sp³-hybridized carbons (Fsp3) is 0.133. The standard InChI is InChI=1S/C15H10O3/c16-9-11-5-1-3-7-13(11)15(18)14-8-4-2-6-12(14)10-17/h1-8,13-14H. The van der Waals surface area contributed by atoms with Crippen LogP contribution in [0.15, 0.2) is 59.8 Å². The number of carbonyl (C=O) groups excluding carboxylic acids is 3. The number of hydrogen-bond donors (Lipinski definition) is 0. The molecule has 0 saturated carbocycles. The Hall–Kier alpha value is -2.47. The maximum Gasteiger partial charge on any atom is 0.156 e. The van der Waals surface area contributed by atoms with Crippen LogP contribution in [-0.2, 0) is 14.4 Å². The number of hydrogen-bond acceptors (Lipinski definition) is 3. The Morgan fingerprint density at radius 1 is 0.833 bits per heavy atom. The lowest BCUT2D eigenvalue weighted by atomic mass is 9.81. The van der Waals surface area contributed by atoms with E-state index in [0.29, 0.717) is 0 Å². The minimum Gasteiger partial charge on any atom is -0.298 e. The van der Waals surface area contributed by atoms with Gasteiger partial charge in [0.2, 0.25) is 0 Å². The van der Waals surface area contributed by atoms with Crippen molar-refractivity contribution in [1.82, 2.24) is 0 Å². The zero-order valence-corrected chi connectivity index (χ0v) is 9.50. The number of Topliss-reactive ketones (excluding diaryl/α,β-unsaturated/α-hetero) is 1. The first-order valence-corrected chi connectivity index (χ1v) is 5.51. The van der Waals surface area contributed by atoms with Crippen molar-refractivity contribution in [2.45, 2.75) is 0 Å². The minimum absolute atomic E-state index is 0.215. The van der Waals surface area contributed by atoms with E-state index in [9.17, 15) is 14.4 Å². The molecule has 0 aromatic heterocycles. The van der Waals surface area contributed by atoms with Crippen LogP contribution in [0, 0.1) is 11.8 Å². The molecule has 0 heterocycles. The Balaban J connectivity index is 2.32. The Labute approximate surface area is 104 Å². The first-order valence-electron chi connectivity index (χ1n) is 5.51. The van der Waals surface area contributed by atoms with Gasteiger partial charge in [0.25, 0.3) is 0 Å². The van der Waals surface area contributed by atoms with Gasteiger partial charge in [0.15, 0.2) is 5.78 Å². The third kappa shape index (κ3) is 2.14. The van der Waals surface area contributed by atoms with E-state index in [2.05, 4.69) is 0 Å². The monoisotopic (exact) mass is 238 g/mol. The van der Waals surface area contributed by atoms with Crippen LogP contribution in [-0.4, -0.2) is 17.7 Å². The van der Waals surface area contributed by atoms with E-state index in [1.54, 1.807) is 60.5 Å². The molecule has 0 aromatic carbocycles. The zero-order valence-electron chi connectivity index (χ0n) is 9.50. The van der Waals surface area contributed by atoms with Crippen LogP contribution in [0.1, 0.15) is 0 Å². The maximum absolute atomic E-state index is 12.3. The molecule has 3 heteroatoms. The van der Waals surface area contributed by atoms with Crippen LogP contribution in [0.4, 0.5) is 0 Å². The fourth-order valence-corrected chi connectivity index (χ4v) is 1.97. The van der Waals surface area contributed by atoms with Crippen LogP contribution in [0.25, 0.3) is 0 Å².